The lowest BCUT2D eigenvalue weighted by Crippen LogP contribution is -2.32. The second kappa shape index (κ2) is 5.22. The highest BCUT2D eigenvalue weighted by Crippen LogP contribution is 2.07. The average molecular weight is 184 g/mol. The summed E-state index contributed by atoms with van der Waals surface area (Å²) in [6, 6.07) is 0. The molecule has 1 amide bonds. The van der Waals surface area contributed by atoms with E-state index >= 15 is 0 Å². The Morgan fingerprint density at radius 3 is 2.92 bits per heavy atom. The molecule has 0 aromatic heterocycles. The van der Waals surface area contributed by atoms with Crippen LogP contribution in [-0.2, 0) is 4.79 Å². The summed E-state index contributed by atoms with van der Waals surface area (Å²) in [5, 5.41) is 6.17. The molecule has 1 aliphatic rings. The smallest absolute Gasteiger partial charge is 0.224 e. The molecule has 0 bridgehead atoms. The van der Waals surface area contributed by atoms with Crippen LogP contribution in [-0.4, -0.2) is 25.5 Å². The minimum atomic E-state index is 0.215. The van der Waals surface area contributed by atoms with Gasteiger partial charge >= 0.3 is 0 Å². The Morgan fingerprint density at radius 1 is 1.62 bits per heavy atom. The van der Waals surface area contributed by atoms with Crippen LogP contribution in [0.25, 0.3) is 0 Å². The molecule has 0 spiro atoms. The van der Waals surface area contributed by atoms with Crippen LogP contribution >= 0.6 is 0 Å². The Morgan fingerprint density at radius 2 is 2.38 bits per heavy atom. The number of rotatable bonds is 4. The molecule has 1 unspecified atom stereocenters. The molecule has 3 heteroatoms. The van der Waals surface area contributed by atoms with Gasteiger partial charge in [-0.3, -0.25) is 4.79 Å². The number of carbonyl (C=O) groups is 1. The molecule has 2 N–H and O–H groups in total. The molecule has 13 heavy (non-hydrogen) atoms. The van der Waals surface area contributed by atoms with Crippen molar-refractivity contribution >= 4 is 5.91 Å². The molecule has 1 aliphatic heterocycles. The van der Waals surface area contributed by atoms with Gasteiger partial charge in [0, 0.05) is 13.1 Å². The Labute approximate surface area is 80.3 Å². The fourth-order valence-corrected chi connectivity index (χ4v) is 1.51. The zero-order valence-electron chi connectivity index (χ0n) is 8.60. The highest BCUT2D eigenvalue weighted by atomic mass is 16.1. The average Bonchev–Trinajstić information content (AvgIpc) is 2.55. The number of hydrogen-bond donors (Lipinski definition) is 2. The van der Waals surface area contributed by atoms with Crippen LogP contribution in [0.15, 0.2) is 0 Å². The second-order valence-electron chi connectivity index (χ2n) is 4.16. The van der Waals surface area contributed by atoms with Crippen molar-refractivity contribution in [2.45, 2.75) is 26.7 Å². The number of nitrogens with one attached hydrogen (secondary N) is 2. The molecule has 0 aromatic carbocycles. The van der Waals surface area contributed by atoms with E-state index in [-0.39, 0.29) is 11.8 Å². The van der Waals surface area contributed by atoms with Crippen molar-refractivity contribution in [1.82, 2.24) is 10.6 Å². The van der Waals surface area contributed by atoms with Crippen LogP contribution in [0.5, 0.6) is 0 Å². The van der Waals surface area contributed by atoms with Crippen molar-refractivity contribution in [3.05, 3.63) is 0 Å². The van der Waals surface area contributed by atoms with Crippen LogP contribution in [0.2, 0.25) is 0 Å². The molecule has 3 nitrogen and oxygen atoms in total. The third kappa shape index (κ3) is 3.77. The first-order valence-electron chi connectivity index (χ1n) is 5.18. The molecule has 0 aliphatic carbocycles. The van der Waals surface area contributed by atoms with Gasteiger partial charge in [-0.15, -0.1) is 0 Å². The van der Waals surface area contributed by atoms with E-state index in [9.17, 15) is 4.79 Å². The summed E-state index contributed by atoms with van der Waals surface area (Å²) < 4.78 is 0. The molecule has 1 rings (SSSR count). The summed E-state index contributed by atoms with van der Waals surface area (Å²) in [6.07, 6.45) is 2.07. The molecule has 0 aromatic rings. The first-order valence-corrected chi connectivity index (χ1v) is 5.18. The molecule has 76 valence electrons. The molecule has 1 fully saturated rings. The van der Waals surface area contributed by atoms with Gasteiger partial charge in [0.15, 0.2) is 0 Å². The summed E-state index contributed by atoms with van der Waals surface area (Å²) >= 11 is 0. The van der Waals surface area contributed by atoms with Crippen LogP contribution in [0.3, 0.4) is 0 Å². The van der Waals surface area contributed by atoms with Crippen LogP contribution in [0.4, 0.5) is 0 Å². The monoisotopic (exact) mass is 184 g/mol. The van der Waals surface area contributed by atoms with Crippen molar-refractivity contribution in [3.63, 3.8) is 0 Å². The predicted molar refractivity (Wildman–Crippen MR) is 53.4 cm³/mol. The summed E-state index contributed by atoms with van der Waals surface area (Å²) in [5.74, 6) is 1.11. The number of amides is 1. The van der Waals surface area contributed by atoms with E-state index in [1.54, 1.807) is 0 Å². The van der Waals surface area contributed by atoms with Gasteiger partial charge in [0.25, 0.3) is 0 Å². The predicted octanol–water partition coefficient (Wildman–Crippen LogP) is 0.758. The zero-order valence-corrected chi connectivity index (χ0v) is 8.60. The molecule has 1 atom stereocenters. The van der Waals surface area contributed by atoms with Gasteiger partial charge in [0.05, 0.1) is 5.92 Å². The van der Waals surface area contributed by atoms with Crippen molar-refractivity contribution in [1.29, 1.82) is 0 Å². The van der Waals surface area contributed by atoms with E-state index in [1.807, 2.05) is 0 Å². The Hall–Kier alpha value is -0.570. The van der Waals surface area contributed by atoms with E-state index in [2.05, 4.69) is 24.5 Å². The molecule has 0 radical (unpaired) electrons. The Bertz CT molecular complexity index is 162. The van der Waals surface area contributed by atoms with Gasteiger partial charge in [0.2, 0.25) is 5.91 Å². The first-order chi connectivity index (χ1) is 6.20. The molecular formula is C10H20N2O. The third-order valence-electron chi connectivity index (χ3n) is 2.45. The molecule has 0 saturated carbocycles. The quantitative estimate of drug-likeness (QED) is 0.677. The normalized spacial score (nSPS) is 22.2. The minimum Gasteiger partial charge on any atom is -0.356 e. The highest BCUT2D eigenvalue weighted by molar-refractivity contribution is 5.79. The van der Waals surface area contributed by atoms with Gasteiger partial charge in [0.1, 0.15) is 0 Å². The van der Waals surface area contributed by atoms with Crippen LogP contribution in [0.1, 0.15) is 26.7 Å². The lowest BCUT2D eigenvalue weighted by atomic mass is 10.1. The van der Waals surface area contributed by atoms with Gasteiger partial charge in [-0.25, -0.2) is 0 Å². The van der Waals surface area contributed by atoms with Crippen molar-refractivity contribution in [3.8, 4) is 0 Å². The number of carbonyl (C=O) groups excluding carboxylic acids is 1. The van der Waals surface area contributed by atoms with Crippen molar-refractivity contribution in [2.75, 3.05) is 19.6 Å². The maximum absolute atomic E-state index is 11.5. The standard InChI is InChI=1S/C10H20N2O/c1-8(2)3-6-12-10(13)9-4-5-11-7-9/h8-9,11H,3-7H2,1-2H3,(H,12,13). The van der Waals surface area contributed by atoms with E-state index < -0.39 is 0 Å². The van der Waals surface area contributed by atoms with Gasteiger partial charge in [-0.2, -0.15) is 0 Å². The molecule has 1 heterocycles. The second-order valence-corrected chi connectivity index (χ2v) is 4.16. The summed E-state index contributed by atoms with van der Waals surface area (Å²) in [7, 11) is 0. The summed E-state index contributed by atoms with van der Waals surface area (Å²) in [4.78, 5) is 11.5. The summed E-state index contributed by atoms with van der Waals surface area (Å²) in [6.45, 7) is 7.01. The van der Waals surface area contributed by atoms with E-state index in [1.165, 1.54) is 0 Å². The lowest BCUT2D eigenvalue weighted by molar-refractivity contribution is -0.124. The highest BCUT2D eigenvalue weighted by Gasteiger charge is 2.21. The molecular weight excluding hydrogens is 164 g/mol. The Balaban J connectivity index is 2.10. The van der Waals surface area contributed by atoms with Gasteiger partial charge in [-0.05, 0) is 25.3 Å². The fourth-order valence-electron chi connectivity index (χ4n) is 1.51. The number of hydrogen-bond acceptors (Lipinski definition) is 2. The first kappa shape index (κ1) is 10.5. The van der Waals surface area contributed by atoms with E-state index in [0.29, 0.717) is 5.92 Å². The minimum absolute atomic E-state index is 0.215. The van der Waals surface area contributed by atoms with Gasteiger partial charge < -0.3 is 10.6 Å². The van der Waals surface area contributed by atoms with Crippen molar-refractivity contribution in [2.24, 2.45) is 11.8 Å². The van der Waals surface area contributed by atoms with E-state index in [0.717, 1.165) is 32.5 Å². The lowest BCUT2D eigenvalue weighted by Gasteiger charge is -2.10. The maximum atomic E-state index is 11.5. The largest absolute Gasteiger partial charge is 0.356 e. The topological polar surface area (TPSA) is 41.1 Å². The van der Waals surface area contributed by atoms with Crippen LogP contribution < -0.4 is 10.6 Å². The van der Waals surface area contributed by atoms with E-state index in [4.69, 9.17) is 0 Å². The van der Waals surface area contributed by atoms with Crippen LogP contribution in [0, 0.1) is 11.8 Å². The maximum Gasteiger partial charge on any atom is 0.224 e. The van der Waals surface area contributed by atoms with Gasteiger partial charge in [-0.1, -0.05) is 13.8 Å². The third-order valence-corrected chi connectivity index (χ3v) is 2.45. The fraction of sp³-hybridized carbons (Fsp3) is 0.900. The Kier molecular flexibility index (Phi) is 4.22. The summed E-state index contributed by atoms with van der Waals surface area (Å²) in [5.41, 5.74) is 0. The van der Waals surface area contributed by atoms with Crippen molar-refractivity contribution < 1.29 is 4.79 Å². The molecule has 1 saturated heterocycles. The SMILES string of the molecule is CC(C)CCNC(=O)C1CCNC1. The zero-order chi connectivity index (χ0) is 9.68.